The molecule has 2 N–H and O–H groups in total. The summed E-state index contributed by atoms with van der Waals surface area (Å²) in [5.74, 6) is 0.647. The van der Waals surface area contributed by atoms with Crippen LogP contribution in [0.4, 0.5) is 15.9 Å². The Hall–Kier alpha value is -2.42. The van der Waals surface area contributed by atoms with Crippen molar-refractivity contribution >= 4 is 43.8 Å². The second-order valence-corrected chi connectivity index (χ2v) is 10.6. The second kappa shape index (κ2) is 7.62. The molecule has 31 heavy (non-hydrogen) atoms. The summed E-state index contributed by atoms with van der Waals surface area (Å²) >= 11 is 6.23. The van der Waals surface area contributed by atoms with Gasteiger partial charge in [-0.15, -0.1) is 0 Å². The van der Waals surface area contributed by atoms with E-state index >= 15 is 0 Å². The summed E-state index contributed by atoms with van der Waals surface area (Å²) in [5, 5.41) is 1.39. The van der Waals surface area contributed by atoms with Gasteiger partial charge in [0.2, 0.25) is 0 Å². The summed E-state index contributed by atoms with van der Waals surface area (Å²) in [6, 6.07) is 13.8. The topological polar surface area (TPSA) is 79.5 Å². The third-order valence-corrected chi connectivity index (χ3v) is 8.01. The Morgan fingerprint density at radius 1 is 1.10 bits per heavy atom. The normalized spacial score (nSPS) is 23.1. The van der Waals surface area contributed by atoms with Gasteiger partial charge in [-0.25, -0.2) is 17.8 Å². The molecule has 2 aliphatic rings. The molecule has 6 nitrogen and oxygen atoms in total. The number of pyridine rings is 1. The van der Waals surface area contributed by atoms with Crippen LogP contribution in [-0.4, -0.2) is 51.0 Å². The van der Waals surface area contributed by atoms with Crippen LogP contribution < -0.4 is 15.5 Å². The molecule has 5 rings (SSSR count). The number of halogens is 2. The lowest BCUT2D eigenvalue weighted by Crippen LogP contribution is -2.30. The number of hydrogen-bond acceptors (Lipinski definition) is 6. The van der Waals surface area contributed by atoms with Gasteiger partial charge < -0.3 is 15.5 Å². The Morgan fingerprint density at radius 3 is 2.68 bits per heavy atom. The van der Waals surface area contributed by atoms with Crippen molar-refractivity contribution in [2.24, 2.45) is 5.73 Å². The summed E-state index contributed by atoms with van der Waals surface area (Å²) in [6.07, 6.45) is -1.11. The highest BCUT2D eigenvalue weighted by atomic mass is 35.5. The molecule has 1 saturated heterocycles. The number of alkyl halides is 1. The highest BCUT2D eigenvalue weighted by molar-refractivity contribution is 7.91. The molecular formula is C22H22ClFN4O2S. The van der Waals surface area contributed by atoms with E-state index in [1.807, 2.05) is 40.1 Å². The zero-order valence-electron chi connectivity index (χ0n) is 16.7. The van der Waals surface area contributed by atoms with E-state index in [4.69, 9.17) is 22.3 Å². The zero-order chi connectivity index (χ0) is 21.8. The molecule has 3 heterocycles. The Balaban J connectivity index is 1.62. The number of anilines is 2. The van der Waals surface area contributed by atoms with Crippen LogP contribution in [0.15, 0.2) is 53.4 Å². The average Bonchev–Trinajstić information content (AvgIpc) is 3.01. The van der Waals surface area contributed by atoms with E-state index in [1.165, 1.54) is 0 Å². The van der Waals surface area contributed by atoms with Gasteiger partial charge in [0.1, 0.15) is 12.0 Å². The van der Waals surface area contributed by atoms with Gasteiger partial charge in [0.05, 0.1) is 34.4 Å². The summed E-state index contributed by atoms with van der Waals surface area (Å²) in [7, 11) is -3.37. The van der Waals surface area contributed by atoms with Crippen LogP contribution in [0.5, 0.6) is 0 Å². The maximum absolute atomic E-state index is 14.2. The van der Waals surface area contributed by atoms with E-state index < -0.39 is 22.1 Å². The minimum Gasteiger partial charge on any atom is -0.366 e. The molecule has 3 aromatic rings. The number of nitrogens with two attached hydrogens (primary N) is 1. The lowest BCUT2D eigenvalue weighted by Gasteiger charge is -2.26. The van der Waals surface area contributed by atoms with Crippen LogP contribution in [0.3, 0.4) is 0 Å². The number of hydrogen-bond donors (Lipinski definition) is 1. The quantitative estimate of drug-likeness (QED) is 0.632. The third-order valence-electron chi connectivity index (χ3n) is 5.99. The van der Waals surface area contributed by atoms with E-state index in [2.05, 4.69) is 0 Å². The van der Waals surface area contributed by atoms with Crippen molar-refractivity contribution in [3.63, 3.8) is 0 Å². The first-order chi connectivity index (χ1) is 14.8. The SMILES string of the molecule is N[C@@H]1CN(c2cc(N3CCS(=O)(=O)c4ccccc4C3)nc3ccc(Cl)cc23)C[C@H]1F. The molecule has 0 aliphatic carbocycles. The minimum absolute atomic E-state index is 0.000818. The fourth-order valence-electron chi connectivity index (χ4n) is 4.33. The van der Waals surface area contributed by atoms with Crippen molar-refractivity contribution in [2.45, 2.75) is 23.7 Å². The monoisotopic (exact) mass is 460 g/mol. The first kappa shape index (κ1) is 20.5. The first-order valence-electron chi connectivity index (χ1n) is 10.1. The van der Waals surface area contributed by atoms with Gasteiger partial charge in [-0.1, -0.05) is 29.8 Å². The highest BCUT2D eigenvalue weighted by Gasteiger charge is 2.32. The molecule has 1 fully saturated rings. The predicted octanol–water partition coefficient (Wildman–Crippen LogP) is 3.17. The highest BCUT2D eigenvalue weighted by Crippen LogP contribution is 2.35. The summed E-state index contributed by atoms with van der Waals surface area (Å²) in [5.41, 5.74) is 8.19. The first-order valence-corrected chi connectivity index (χ1v) is 12.2. The smallest absolute Gasteiger partial charge is 0.180 e. The third kappa shape index (κ3) is 3.73. The van der Waals surface area contributed by atoms with Crippen molar-refractivity contribution in [3.05, 3.63) is 59.1 Å². The largest absolute Gasteiger partial charge is 0.366 e. The summed E-state index contributed by atoms with van der Waals surface area (Å²) in [6.45, 7) is 1.33. The molecule has 2 atom stereocenters. The number of benzene rings is 2. The number of fused-ring (bicyclic) bond motifs is 2. The molecule has 0 unspecified atom stereocenters. The molecule has 0 amide bonds. The van der Waals surface area contributed by atoms with E-state index in [-0.39, 0.29) is 12.3 Å². The van der Waals surface area contributed by atoms with Crippen LogP contribution in [0.2, 0.25) is 5.02 Å². The van der Waals surface area contributed by atoms with Crippen molar-refractivity contribution in [1.29, 1.82) is 0 Å². The molecule has 0 spiro atoms. The van der Waals surface area contributed by atoms with Crippen LogP contribution >= 0.6 is 11.6 Å². The maximum atomic E-state index is 14.2. The maximum Gasteiger partial charge on any atom is 0.180 e. The van der Waals surface area contributed by atoms with Crippen LogP contribution in [-0.2, 0) is 16.4 Å². The Kier molecular flexibility index (Phi) is 5.03. The second-order valence-electron chi connectivity index (χ2n) is 8.09. The van der Waals surface area contributed by atoms with Gasteiger partial charge in [-0.2, -0.15) is 0 Å². The van der Waals surface area contributed by atoms with E-state index in [0.717, 1.165) is 16.6 Å². The number of sulfone groups is 1. The van der Waals surface area contributed by atoms with E-state index in [9.17, 15) is 12.8 Å². The molecule has 0 radical (unpaired) electrons. The van der Waals surface area contributed by atoms with Crippen LogP contribution in [0.25, 0.3) is 10.9 Å². The summed E-state index contributed by atoms with van der Waals surface area (Å²) < 4.78 is 39.7. The molecule has 9 heteroatoms. The van der Waals surface area contributed by atoms with E-state index in [0.29, 0.717) is 40.9 Å². The molecule has 0 saturated carbocycles. The fourth-order valence-corrected chi connectivity index (χ4v) is 6.01. The van der Waals surface area contributed by atoms with Gasteiger partial charge in [-0.05, 0) is 29.8 Å². The van der Waals surface area contributed by atoms with Gasteiger partial charge in [-0.3, -0.25) is 0 Å². The van der Waals surface area contributed by atoms with Crippen molar-refractivity contribution in [2.75, 3.05) is 35.2 Å². The van der Waals surface area contributed by atoms with Crippen molar-refractivity contribution in [1.82, 2.24) is 4.98 Å². The van der Waals surface area contributed by atoms with Crippen molar-refractivity contribution in [3.8, 4) is 0 Å². The van der Waals surface area contributed by atoms with Gasteiger partial charge in [0.15, 0.2) is 9.84 Å². The Labute approximate surface area is 185 Å². The lowest BCUT2D eigenvalue weighted by atomic mass is 10.1. The van der Waals surface area contributed by atoms with Gasteiger partial charge in [0, 0.05) is 36.1 Å². The number of rotatable bonds is 2. The van der Waals surface area contributed by atoms with Crippen LogP contribution in [0.1, 0.15) is 5.56 Å². The number of nitrogens with zero attached hydrogens (tertiary/aromatic N) is 3. The Bertz CT molecular complexity index is 1260. The Morgan fingerprint density at radius 2 is 1.90 bits per heavy atom. The minimum atomic E-state index is -3.37. The molecule has 2 aliphatic heterocycles. The molecular weight excluding hydrogens is 439 g/mol. The molecule has 1 aromatic heterocycles. The lowest BCUT2D eigenvalue weighted by molar-refractivity contribution is 0.333. The van der Waals surface area contributed by atoms with Gasteiger partial charge in [0.25, 0.3) is 0 Å². The van der Waals surface area contributed by atoms with E-state index in [1.54, 1.807) is 18.2 Å². The zero-order valence-corrected chi connectivity index (χ0v) is 18.3. The van der Waals surface area contributed by atoms with Crippen molar-refractivity contribution < 1.29 is 12.8 Å². The number of aromatic nitrogens is 1. The molecule has 0 bridgehead atoms. The molecule has 2 aromatic carbocycles. The fraction of sp³-hybridized carbons (Fsp3) is 0.318. The van der Waals surface area contributed by atoms with Crippen LogP contribution in [0, 0.1) is 0 Å². The standard InChI is InChI=1S/C22H22ClFN4O2S/c23-15-5-6-19-16(9-15)20(28-12-17(24)18(25)13-28)10-22(26-19)27-7-8-31(29,30)21-4-2-1-3-14(21)11-27/h1-6,9-10,17-18H,7-8,11-13,25H2/t17-,18-/m1/s1. The predicted molar refractivity (Wildman–Crippen MR) is 121 cm³/mol. The average molecular weight is 461 g/mol. The molecule has 162 valence electrons. The van der Waals surface area contributed by atoms with Gasteiger partial charge >= 0.3 is 0 Å². The summed E-state index contributed by atoms with van der Waals surface area (Å²) in [4.78, 5) is 9.05.